The van der Waals surface area contributed by atoms with E-state index in [0.29, 0.717) is 16.5 Å². The maximum absolute atomic E-state index is 12.3. The summed E-state index contributed by atoms with van der Waals surface area (Å²) >= 11 is 6.48. The fraction of sp³-hybridized carbons (Fsp3) is 0.176. The van der Waals surface area contributed by atoms with Crippen LogP contribution in [0.3, 0.4) is 0 Å². The lowest BCUT2D eigenvalue weighted by Crippen LogP contribution is -2.47. The maximum Gasteiger partial charge on any atom is 0.280 e. The number of hydrogen-bond donors (Lipinski definition) is 3. The first kappa shape index (κ1) is 17.2. The van der Waals surface area contributed by atoms with Gasteiger partial charge in [-0.1, -0.05) is 42.0 Å². The summed E-state index contributed by atoms with van der Waals surface area (Å²) in [6.07, 6.45) is 0. The molecule has 1 heterocycles. The number of nitrogens with one attached hydrogen (secondary N) is 3. The van der Waals surface area contributed by atoms with Crippen LogP contribution in [0.25, 0.3) is 11.1 Å². The average Bonchev–Trinajstić information content (AvgIpc) is 3.01. The summed E-state index contributed by atoms with van der Waals surface area (Å²) in [6, 6.07) is 10.0. The Balaban J connectivity index is 2.01. The van der Waals surface area contributed by atoms with Gasteiger partial charge in [0.25, 0.3) is 5.91 Å². The second-order valence-electron chi connectivity index (χ2n) is 5.25. The zero-order chi connectivity index (χ0) is 16.8. The highest BCUT2D eigenvalue weighted by atomic mass is 32.1. The highest BCUT2D eigenvalue weighted by Gasteiger charge is 2.14. The second kappa shape index (κ2) is 7.89. The molecule has 120 valence electrons. The van der Waals surface area contributed by atoms with E-state index >= 15 is 0 Å². The molecule has 1 aromatic carbocycles. The smallest absolute Gasteiger partial charge is 0.280 e. The van der Waals surface area contributed by atoms with Crippen molar-refractivity contribution in [2.45, 2.75) is 13.8 Å². The van der Waals surface area contributed by atoms with Crippen LogP contribution in [-0.2, 0) is 0 Å². The second-order valence-corrected chi connectivity index (χ2v) is 6.57. The summed E-state index contributed by atoms with van der Waals surface area (Å²) in [5.74, 6) is -0.213. The van der Waals surface area contributed by atoms with Gasteiger partial charge in [-0.25, -0.2) is 0 Å². The SMILES string of the molecule is C=C(C)CNC(=S)NNC(=O)c1sccc1-c1ccc(C)cc1. The molecule has 4 nitrogen and oxygen atoms in total. The largest absolute Gasteiger partial charge is 0.358 e. The van der Waals surface area contributed by atoms with E-state index < -0.39 is 0 Å². The van der Waals surface area contributed by atoms with Crippen molar-refractivity contribution in [1.82, 2.24) is 16.2 Å². The Labute approximate surface area is 145 Å². The zero-order valence-corrected chi connectivity index (χ0v) is 14.7. The summed E-state index contributed by atoms with van der Waals surface area (Å²) in [6.45, 7) is 8.28. The number of amides is 1. The zero-order valence-electron chi connectivity index (χ0n) is 13.1. The fourth-order valence-electron chi connectivity index (χ4n) is 1.89. The molecule has 0 bridgehead atoms. The summed E-state index contributed by atoms with van der Waals surface area (Å²) in [7, 11) is 0. The van der Waals surface area contributed by atoms with E-state index in [0.717, 1.165) is 16.7 Å². The predicted octanol–water partition coefficient (Wildman–Crippen LogP) is 3.41. The van der Waals surface area contributed by atoms with Crippen LogP contribution >= 0.6 is 23.6 Å². The van der Waals surface area contributed by atoms with Gasteiger partial charge in [-0.15, -0.1) is 11.3 Å². The van der Waals surface area contributed by atoms with E-state index in [1.807, 2.05) is 49.6 Å². The van der Waals surface area contributed by atoms with Crippen molar-refractivity contribution in [2.24, 2.45) is 0 Å². The predicted molar refractivity (Wildman–Crippen MR) is 101 cm³/mol. The van der Waals surface area contributed by atoms with Crippen molar-refractivity contribution in [2.75, 3.05) is 6.54 Å². The molecule has 2 rings (SSSR count). The first-order valence-electron chi connectivity index (χ1n) is 7.10. The first-order valence-corrected chi connectivity index (χ1v) is 8.39. The third-order valence-electron chi connectivity index (χ3n) is 3.07. The van der Waals surface area contributed by atoms with Gasteiger partial charge >= 0.3 is 0 Å². The van der Waals surface area contributed by atoms with Crippen LogP contribution in [0, 0.1) is 6.92 Å². The van der Waals surface area contributed by atoms with Gasteiger partial charge in [0.2, 0.25) is 0 Å². The minimum absolute atomic E-state index is 0.213. The number of thiocarbonyl (C=S) groups is 1. The number of carbonyl (C=O) groups is 1. The molecular formula is C17H19N3OS2. The van der Waals surface area contributed by atoms with Crippen LogP contribution in [0.15, 0.2) is 47.9 Å². The molecule has 2 aromatic rings. The summed E-state index contributed by atoms with van der Waals surface area (Å²) in [5.41, 5.74) is 9.39. The summed E-state index contributed by atoms with van der Waals surface area (Å²) in [4.78, 5) is 13.0. The van der Waals surface area contributed by atoms with Gasteiger partial charge in [-0.2, -0.15) is 0 Å². The minimum atomic E-state index is -0.213. The van der Waals surface area contributed by atoms with Crippen LogP contribution in [0.4, 0.5) is 0 Å². The lowest BCUT2D eigenvalue weighted by molar-refractivity contribution is 0.0948. The van der Waals surface area contributed by atoms with Crippen molar-refractivity contribution in [3.63, 3.8) is 0 Å². The van der Waals surface area contributed by atoms with E-state index in [1.54, 1.807) is 0 Å². The molecule has 0 aliphatic heterocycles. The molecule has 1 aromatic heterocycles. The average molecular weight is 345 g/mol. The number of hydrazine groups is 1. The van der Waals surface area contributed by atoms with E-state index in [1.165, 1.54) is 16.9 Å². The van der Waals surface area contributed by atoms with Gasteiger partial charge < -0.3 is 5.32 Å². The van der Waals surface area contributed by atoms with Crippen molar-refractivity contribution >= 4 is 34.6 Å². The van der Waals surface area contributed by atoms with E-state index in [-0.39, 0.29) is 5.91 Å². The number of thiophene rings is 1. The van der Waals surface area contributed by atoms with Crippen molar-refractivity contribution in [3.8, 4) is 11.1 Å². The molecule has 0 aliphatic rings. The molecule has 0 unspecified atom stereocenters. The van der Waals surface area contributed by atoms with E-state index in [2.05, 4.69) is 22.7 Å². The summed E-state index contributed by atoms with van der Waals surface area (Å²) < 4.78 is 0. The molecule has 0 spiro atoms. The molecule has 0 fully saturated rings. The number of carbonyl (C=O) groups excluding carboxylic acids is 1. The van der Waals surface area contributed by atoms with E-state index in [4.69, 9.17) is 12.2 Å². The standard InChI is InChI=1S/C17H19N3OS2/c1-11(2)10-18-17(22)20-19-16(21)15-14(8-9-23-15)13-6-4-12(3)5-7-13/h4-9H,1,10H2,2-3H3,(H,19,21)(H2,18,20,22). The van der Waals surface area contributed by atoms with Gasteiger partial charge in [0.05, 0.1) is 0 Å². The Morgan fingerprint density at radius 3 is 2.57 bits per heavy atom. The Morgan fingerprint density at radius 1 is 1.22 bits per heavy atom. The van der Waals surface area contributed by atoms with E-state index in [9.17, 15) is 4.79 Å². The van der Waals surface area contributed by atoms with Crippen molar-refractivity contribution in [3.05, 3.63) is 58.3 Å². The Morgan fingerprint density at radius 2 is 1.91 bits per heavy atom. The van der Waals surface area contributed by atoms with Gasteiger partial charge in [-0.05, 0) is 43.1 Å². The lowest BCUT2D eigenvalue weighted by atomic mass is 10.1. The Bertz CT molecular complexity index is 720. The third kappa shape index (κ3) is 4.91. The first-order chi connectivity index (χ1) is 11.0. The molecular weight excluding hydrogens is 326 g/mol. The number of benzene rings is 1. The minimum Gasteiger partial charge on any atom is -0.358 e. The van der Waals surface area contributed by atoms with Crippen LogP contribution in [0.5, 0.6) is 0 Å². The topological polar surface area (TPSA) is 53.2 Å². The van der Waals surface area contributed by atoms with Gasteiger partial charge in [0.1, 0.15) is 4.88 Å². The van der Waals surface area contributed by atoms with Gasteiger partial charge in [-0.3, -0.25) is 15.6 Å². The molecule has 0 saturated carbocycles. The quantitative estimate of drug-likeness (QED) is 0.452. The molecule has 6 heteroatoms. The highest BCUT2D eigenvalue weighted by Crippen LogP contribution is 2.28. The molecule has 0 saturated heterocycles. The van der Waals surface area contributed by atoms with Crippen LogP contribution in [0.2, 0.25) is 0 Å². The molecule has 0 aliphatic carbocycles. The Hall–Kier alpha value is -2.18. The lowest BCUT2D eigenvalue weighted by Gasteiger charge is -2.11. The molecule has 1 amide bonds. The third-order valence-corrected chi connectivity index (χ3v) is 4.23. The molecule has 0 radical (unpaired) electrons. The van der Waals surface area contributed by atoms with Gasteiger partial charge in [0.15, 0.2) is 5.11 Å². The highest BCUT2D eigenvalue weighted by molar-refractivity contribution is 7.80. The maximum atomic E-state index is 12.3. The molecule has 3 N–H and O–H groups in total. The van der Waals surface area contributed by atoms with Crippen LogP contribution in [0.1, 0.15) is 22.2 Å². The van der Waals surface area contributed by atoms with Crippen molar-refractivity contribution in [1.29, 1.82) is 0 Å². The summed E-state index contributed by atoms with van der Waals surface area (Å²) in [5, 5.41) is 5.21. The van der Waals surface area contributed by atoms with Gasteiger partial charge in [0, 0.05) is 12.1 Å². The monoisotopic (exact) mass is 345 g/mol. The Kier molecular flexibility index (Phi) is 5.90. The number of rotatable bonds is 4. The number of hydrogen-bond acceptors (Lipinski definition) is 3. The number of aryl methyl sites for hydroxylation is 1. The normalized spacial score (nSPS) is 10.0. The molecule has 0 atom stereocenters. The van der Waals surface area contributed by atoms with Crippen molar-refractivity contribution < 1.29 is 4.79 Å². The fourth-order valence-corrected chi connectivity index (χ4v) is 2.83. The molecule has 23 heavy (non-hydrogen) atoms. The van der Waals surface area contributed by atoms with Crippen LogP contribution < -0.4 is 16.2 Å². The van der Waals surface area contributed by atoms with Crippen LogP contribution in [-0.4, -0.2) is 17.6 Å².